The van der Waals surface area contributed by atoms with Gasteiger partial charge in [0.25, 0.3) is 0 Å². The molecule has 1 aromatic carbocycles. The minimum atomic E-state index is -0.190. The first-order valence-corrected chi connectivity index (χ1v) is 8.86. The monoisotopic (exact) mass is 351 g/mol. The van der Waals surface area contributed by atoms with E-state index < -0.39 is 0 Å². The molecule has 0 saturated heterocycles. The first-order chi connectivity index (χ1) is 11.5. The summed E-state index contributed by atoms with van der Waals surface area (Å²) in [5.41, 5.74) is 0.582. The SMILES string of the molecule is C[C@@H]1CCCC[C@@H]1NC(=O)CN(C)CC(=O)Nc1ccccc1Cl. The Morgan fingerprint density at radius 3 is 2.54 bits per heavy atom. The highest BCUT2D eigenvalue weighted by molar-refractivity contribution is 6.33. The highest BCUT2D eigenvalue weighted by Gasteiger charge is 2.23. The quantitative estimate of drug-likeness (QED) is 0.828. The molecule has 1 aliphatic carbocycles. The number of nitrogens with zero attached hydrogens (tertiary/aromatic N) is 1. The number of para-hydroxylation sites is 1. The van der Waals surface area contributed by atoms with E-state index in [0.717, 1.165) is 6.42 Å². The van der Waals surface area contributed by atoms with E-state index in [2.05, 4.69) is 17.6 Å². The highest BCUT2D eigenvalue weighted by atomic mass is 35.5. The van der Waals surface area contributed by atoms with Crippen LogP contribution in [0.1, 0.15) is 32.6 Å². The van der Waals surface area contributed by atoms with Gasteiger partial charge in [0, 0.05) is 6.04 Å². The summed E-state index contributed by atoms with van der Waals surface area (Å²) in [4.78, 5) is 25.9. The fourth-order valence-corrected chi connectivity index (χ4v) is 3.26. The number of amides is 2. The van der Waals surface area contributed by atoms with Crippen LogP contribution in [0.3, 0.4) is 0 Å². The second-order valence-corrected chi connectivity index (χ2v) is 7.04. The Kier molecular flexibility index (Phi) is 7.06. The molecule has 0 aromatic heterocycles. The van der Waals surface area contributed by atoms with Gasteiger partial charge in [-0.1, -0.05) is 43.5 Å². The Labute approximate surface area is 148 Å². The zero-order chi connectivity index (χ0) is 17.5. The van der Waals surface area contributed by atoms with Gasteiger partial charge in [-0.15, -0.1) is 0 Å². The van der Waals surface area contributed by atoms with Crippen LogP contribution in [0.5, 0.6) is 0 Å². The summed E-state index contributed by atoms with van der Waals surface area (Å²) in [6.45, 7) is 2.53. The number of anilines is 1. The summed E-state index contributed by atoms with van der Waals surface area (Å²) in [6.07, 6.45) is 4.63. The zero-order valence-corrected chi connectivity index (χ0v) is 15.1. The van der Waals surface area contributed by atoms with Gasteiger partial charge in [0.15, 0.2) is 0 Å². The largest absolute Gasteiger partial charge is 0.352 e. The first-order valence-electron chi connectivity index (χ1n) is 8.48. The Morgan fingerprint density at radius 2 is 1.83 bits per heavy atom. The predicted octanol–water partition coefficient (Wildman–Crippen LogP) is 2.91. The average molecular weight is 352 g/mol. The summed E-state index contributed by atoms with van der Waals surface area (Å²) >= 11 is 6.02. The number of hydrogen-bond acceptors (Lipinski definition) is 3. The molecule has 1 fully saturated rings. The molecule has 0 heterocycles. The van der Waals surface area contributed by atoms with E-state index in [1.807, 2.05) is 6.07 Å². The number of carbonyl (C=O) groups is 2. The van der Waals surface area contributed by atoms with E-state index >= 15 is 0 Å². The van der Waals surface area contributed by atoms with E-state index in [1.54, 1.807) is 30.1 Å². The molecule has 0 spiro atoms. The molecule has 2 atom stereocenters. The van der Waals surface area contributed by atoms with Crippen LogP contribution in [0.4, 0.5) is 5.69 Å². The number of likely N-dealkylation sites (N-methyl/N-ethyl adjacent to an activating group) is 1. The molecule has 2 amide bonds. The molecule has 1 aliphatic rings. The van der Waals surface area contributed by atoms with Gasteiger partial charge < -0.3 is 10.6 Å². The van der Waals surface area contributed by atoms with Crippen LogP contribution in [0.25, 0.3) is 0 Å². The smallest absolute Gasteiger partial charge is 0.238 e. The lowest BCUT2D eigenvalue weighted by molar-refractivity contribution is -0.124. The molecular weight excluding hydrogens is 326 g/mol. The lowest BCUT2D eigenvalue weighted by Crippen LogP contribution is -2.46. The minimum Gasteiger partial charge on any atom is -0.352 e. The Hall–Kier alpha value is -1.59. The molecule has 1 aromatic rings. The Bertz CT molecular complexity index is 579. The molecule has 6 heteroatoms. The molecule has 5 nitrogen and oxygen atoms in total. The molecule has 1 saturated carbocycles. The molecule has 24 heavy (non-hydrogen) atoms. The molecule has 2 rings (SSSR count). The van der Waals surface area contributed by atoms with Gasteiger partial charge in [-0.3, -0.25) is 14.5 Å². The lowest BCUT2D eigenvalue weighted by Gasteiger charge is -2.30. The van der Waals surface area contributed by atoms with Gasteiger partial charge in [0.2, 0.25) is 11.8 Å². The van der Waals surface area contributed by atoms with Crippen molar-refractivity contribution < 1.29 is 9.59 Å². The van der Waals surface area contributed by atoms with E-state index in [0.29, 0.717) is 16.6 Å². The summed E-state index contributed by atoms with van der Waals surface area (Å²) in [6, 6.07) is 7.35. The third-order valence-corrected chi connectivity index (χ3v) is 4.76. The van der Waals surface area contributed by atoms with Crippen LogP contribution in [-0.4, -0.2) is 42.9 Å². The highest BCUT2D eigenvalue weighted by Crippen LogP contribution is 2.23. The van der Waals surface area contributed by atoms with Crippen LogP contribution in [0.2, 0.25) is 5.02 Å². The van der Waals surface area contributed by atoms with Gasteiger partial charge in [-0.05, 0) is 37.9 Å². The van der Waals surface area contributed by atoms with Gasteiger partial charge in [-0.25, -0.2) is 0 Å². The van der Waals surface area contributed by atoms with Crippen LogP contribution in [0, 0.1) is 5.92 Å². The number of nitrogens with one attached hydrogen (secondary N) is 2. The first kappa shape index (κ1) is 18.7. The second kappa shape index (κ2) is 9.04. The topological polar surface area (TPSA) is 61.4 Å². The van der Waals surface area contributed by atoms with E-state index in [-0.39, 0.29) is 30.9 Å². The standard InChI is InChI=1S/C18H26ClN3O2/c1-13-7-3-5-9-15(13)20-17(23)11-22(2)12-18(24)21-16-10-6-4-8-14(16)19/h4,6,8,10,13,15H,3,5,7,9,11-12H2,1-2H3,(H,20,23)(H,21,24)/t13-,15+/m1/s1. The lowest BCUT2D eigenvalue weighted by atomic mass is 9.86. The second-order valence-electron chi connectivity index (χ2n) is 6.64. The Balaban J connectivity index is 1.75. The molecule has 0 aliphatic heterocycles. The number of rotatable bonds is 6. The normalized spacial score (nSPS) is 20.7. The van der Waals surface area contributed by atoms with E-state index in [9.17, 15) is 9.59 Å². The summed E-state index contributed by atoms with van der Waals surface area (Å²) in [7, 11) is 1.76. The maximum atomic E-state index is 12.2. The summed E-state index contributed by atoms with van der Waals surface area (Å²) in [5.74, 6) is 0.308. The fourth-order valence-electron chi connectivity index (χ4n) is 3.08. The maximum absolute atomic E-state index is 12.2. The zero-order valence-electron chi connectivity index (χ0n) is 14.3. The average Bonchev–Trinajstić information content (AvgIpc) is 2.51. The predicted molar refractivity (Wildman–Crippen MR) is 97.1 cm³/mol. The fraction of sp³-hybridized carbons (Fsp3) is 0.556. The number of halogens is 1. The van der Waals surface area contributed by atoms with Crippen molar-refractivity contribution in [3.63, 3.8) is 0 Å². The summed E-state index contributed by atoms with van der Waals surface area (Å²) < 4.78 is 0. The van der Waals surface area contributed by atoms with Crippen molar-refractivity contribution in [2.24, 2.45) is 5.92 Å². The van der Waals surface area contributed by atoms with Crippen molar-refractivity contribution in [1.82, 2.24) is 10.2 Å². The van der Waals surface area contributed by atoms with E-state index in [4.69, 9.17) is 11.6 Å². The minimum absolute atomic E-state index is 0.0261. The number of carbonyl (C=O) groups excluding carboxylic acids is 2. The van der Waals surface area contributed by atoms with Crippen LogP contribution >= 0.6 is 11.6 Å². The molecule has 0 unspecified atom stereocenters. The molecule has 0 bridgehead atoms. The molecule has 2 N–H and O–H groups in total. The third kappa shape index (κ3) is 5.80. The van der Waals surface area contributed by atoms with Gasteiger partial charge >= 0.3 is 0 Å². The van der Waals surface area contributed by atoms with Crippen molar-refractivity contribution in [3.8, 4) is 0 Å². The van der Waals surface area contributed by atoms with Crippen LogP contribution in [-0.2, 0) is 9.59 Å². The Morgan fingerprint density at radius 1 is 1.17 bits per heavy atom. The van der Waals surface area contributed by atoms with Crippen LogP contribution < -0.4 is 10.6 Å². The van der Waals surface area contributed by atoms with Crippen molar-refractivity contribution in [3.05, 3.63) is 29.3 Å². The van der Waals surface area contributed by atoms with Crippen molar-refractivity contribution in [2.45, 2.75) is 38.6 Å². The number of hydrogen-bond donors (Lipinski definition) is 2. The van der Waals surface area contributed by atoms with Crippen molar-refractivity contribution in [2.75, 3.05) is 25.5 Å². The van der Waals surface area contributed by atoms with Gasteiger partial charge in [0.05, 0.1) is 23.8 Å². The van der Waals surface area contributed by atoms with Crippen molar-refractivity contribution in [1.29, 1.82) is 0 Å². The third-order valence-electron chi connectivity index (χ3n) is 4.43. The molecule has 132 valence electrons. The number of benzene rings is 1. The van der Waals surface area contributed by atoms with Gasteiger partial charge in [0.1, 0.15) is 0 Å². The summed E-state index contributed by atoms with van der Waals surface area (Å²) in [5, 5.41) is 6.35. The molecular formula is C18H26ClN3O2. The van der Waals surface area contributed by atoms with Crippen LogP contribution in [0.15, 0.2) is 24.3 Å². The van der Waals surface area contributed by atoms with E-state index in [1.165, 1.54) is 19.3 Å². The van der Waals surface area contributed by atoms with Gasteiger partial charge in [-0.2, -0.15) is 0 Å². The van der Waals surface area contributed by atoms with Crippen molar-refractivity contribution >= 4 is 29.1 Å². The maximum Gasteiger partial charge on any atom is 0.238 e. The molecule has 0 radical (unpaired) electrons.